The zero-order chi connectivity index (χ0) is 22.2. The van der Waals surface area contributed by atoms with E-state index in [-0.39, 0.29) is 12.2 Å². The Bertz CT molecular complexity index is 1270. The summed E-state index contributed by atoms with van der Waals surface area (Å²) in [7, 11) is 0. The van der Waals surface area contributed by atoms with Gasteiger partial charge in [0, 0.05) is 29.3 Å². The predicted octanol–water partition coefficient (Wildman–Crippen LogP) is 4.71. The van der Waals surface area contributed by atoms with E-state index >= 15 is 0 Å². The smallest absolute Gasteiger partial charge is 0.165 e. The molecular formula is C24H23BrN6O. The molecule has 0 spiro atoms. The van der Waals surface area contributed by atoms with Crippen molar-refractivity contribution in [2.24, 2.45) is 0 Å². The molecule has 162 valence electrons. The van der Waals surface area contributed by atoms with E-state index in [4.69, 9.17) is 20.4 Å². The van der Waals surface area contributed by atoms with Crippen LogP contribution in [0.3, 0.4) is 0 Å². The lowest BCUT2D eigenvalue weighted by atomic mass is 10.0. The minimum absolute atomic E-state index is 0.181. The molecule has 1 fully saturated rings. The molecule has 2 N–H and O–H groups in total. The molecule has 32 heavy (non-hydrogen) atoms. The molecule has 4 heterocycles. The van der Waals surface area contributed by atoms with Crippen molar-refractivity contribution in [2.45, 2.75) is 26.1 Å². The molecular weight excluding hydrogens is 468 g/mol. The first-order chi connectivity index (χ1) is 15.5. The molecule has 8 heteroatoms. The molecule has 1 aliphatic heterocycles. The number of nitrogens with zero attached hydrogens (tertiary/aromatic N) is 5. The van der Waals surface area contributed by atoms with E-state index in [1.807, 2.05) is 42.6 Å². The highest BCUT2D eigenvalue weighted by Crippen LogP contribution is 2.34. The molecule has 0 amide bonds. The van der Waals surface area contributed by atoms with Gasteiger partial charge in [-0.2, -0.15) is 0 Å². The molecule has 0 unspecified atom stereocenters. The van der Waals surface area contributed by atoms with Crippen molar-refractivity contribution in [3.8, 4) is 22.4 Å². The third-order valence-corrected chi connectivity index (χ3v) is 6.05. The molecule has 5 rings (SSSR count). The van der Waals surface area contributed by atoms with Gasteiger partial charge in [0.2, 0.25) is 0 Å². The van der Waals surface area contributed by atoms with Crippen LogP contribution in [0.5, 0.6) is 0 Å². The fourth-order valence-electron chi connectivity index (χ4n) is 4.21. The first-order valence-corrected chi connectivity index (χ1v) is 11.3. The van der Waals surface area contributed by atoms with Crippen LogP contribution < -0.4 is 10.6 Å². The first-order valence-electron chi connectivity index (χ1n) is 10.5. The van der Waals surface area contributed by atoms with Crippen LogP contribution in [0.15, 0.2) is 59.5 Å². The van der Waals surface area contributed by atoms with Crippen LogP contribution in [0.25, 0.3) is 33.4 Å². The summed E-state index contributed by atoms with van der Waals surface area (Å²) in [5.41, 5.74) is 10.4. The maximum atomic E-state index is 6.22. The van der Waals surface area contributed by atoms with Crippen LogP contribution >= 0.6 is 15.9 Å². The molecule has 4 aromatic rings. The van der Waals surface area contributed by atoms with Crippen molar-refractivity contribution in [3.63, 3.8) is 0 Å². The van der Waals surface area contributed by atoms with E-state index in [9.17, 15) is 0 Å². The van der Waals surface area contributed by atoms with Gasteiger partial charge in [-0.3, -0.25) is 0 Å². The Balaban J connectivity index is 1.57. The van der Waals surface area contributed by atoms with Gasteiger partial charge in [-0.1, -0.05) is 28.1 Å². The maximum absolute atomic E-state index is 6.22. The van der Waals surface area contributed by atoms with Crippen molar-refractivity contribution >= 4 is 38.6 Å². The first kappa shape index (κ1) is 20.8. The maximum Gasteiger partial charge on any atom is 0.165 e. The van der Waals surface area contributed by atoms with Crippen LogP contribution in [0, 0.1) is 0 Å². The Kier molecular flexibility index (Phi) is 5.48. The largest absolute Gasteiger partial charge is 0.383 e. The standard InChI is InChI=1S/C24H23BrN6O/c1-14-11-31(12-15(2)32-14)21-7-6-17(10-27-21)20-9-19(16-4-3-5-18(25)8-16)22-23(26)28-13-29-24(22)30-20/h3-10,13-15H,11-12H2,1-2H3,(H2,26,28,29,30)/t14-,15+. The second-order valence-corrected chi connectivity index (χ2v) is 9.01. The summed E-state index contributed by atoms with van der Waals surface area (Å²) in [4.78, 5) is 20.3. The lowest BCUT2D eigenvalue weighted by Crippen LogP contribution is -2.45. The highest BCUT2D eigenvalue weighted by Gasteiger charge is 2.23. The van der Waals surface area contributed by atoms with Crippen molar-refractivity contribution in [3.05, 3.63) is 59.5 Å². The summed E-state index contributed by atoms with van der Waals surface area (Å²) in [6, 6.07) is 14.2. The number of hydrogen-bond acceptors (Lipinski definition) is 7. The van der Waals surface area contributed by atoms with E-state index in [1.165, 1.54) is 6.33 Å². The van der Waals surface area contributed by atoms with E-state index < -0.39 is 0 Å². The average Bonchev–Trinajstić information content (AvgIpc) is 2.78. The second-order valence-electron chi connectivity index (χ2n) is 8.09. The van der Waals surface area contributed by atoms with E-state index in [1.54, 1.807) is 0 Å². The quantitative estimate of drug-likeness (QED) is 0.444. The number of morpholine rings is 1. The van der Waals surface area contributed by atoms with Gasteiger partial charge in [0.05, 0.1) is 23.3 Å². The molecule has 7 nitrogen and oxygen atoms in total. The number of ether oxygens (including phenoxy) is 1. The van der Waals surface area contributed by atoms with Crippen LogP contribution in [0.2, 0.25) is 0 Å². The molecule has 1 saturated heterocycles. The Morgan fingerprint density at radius 1 is 1.00 bits per heavy atom. The Hall–Kier alpha value is -3.10. The van der Waals surface area contributed by atoms with Gasteiger partial charge >= 0.3 is 0 Å². The Labute approximate surface area is 194 Å². The van der Waals surface area contributed by atoms with Crippen LogP contribution in [0.1, 0.15) is 13.8 Å². The zero-order valence-electron chi connectivity index (χ0n) is 17.9. The van der Waals surface area contributed by atoms with Crippen molar-refractivity contribution in [1.29, 1.82) is 0 Å². The minimum atomic E-state index is 0.181. The van der Waals surface area contributed by atoms with Crippen molar-refractivity contribution < 1.29 is 4.74 Å². The topological polar surface area (TPSA) is 90.1 Å². The summed E-state index contributed by atoms with van der Waals surface area (Å²) in [6.07, 6.45) is 3.67. The monoisotopic (exact) mass is 490 g/mol. The number of nitrogen functional groups attached to an aromatic ring is 1. The van der Waals surface area contributed by atoms with Crippen LogP contribution in [0.4, 0.5) is 11.6 Å². The summed E-state index contributed by atoms with van der Waals surface area (Å²) in [5, 5.41) is 0.746. The molecule has 0 radical (unpaired) electrons. The number of aromatic nitrogens is 4. The van der Waals surface area contributed by atoms with E-state index in [2.05, 4.69) is 50.7 Å². The van der Waals surface area contributed by atoms with Gasteiger partial charge in [-0.25, -0.2) is 19.9 Å². The Morgan fingerprint density at radius 2 is 1.81 bits per heavy atom. The fraction of sp³-hybridized carbons (Fsp3) is 0.250. The lowest BCUT2D eigenvalue weighted by molar-refractivity contribution is -0.00545. The summed E-state index contributed by atoms with van der Waals surface area (Å²) >= 11 is 3.56. The molecule has 2 atom stereocenters. The van der Waals surface area contributed by atoms with Gasteiger partial charge < -0.3 is 15.4 Å². The summed E-state index contributed by atoms with van der Waals surface area (Å²) in [5.74, 6) is 1.35. The highest BCUT2D eigenvalue weighted by molar-refractivity contribution is 9.10. The number of rotatable bonds is 3. The molecule has 1 aromatic carbocycles. The number of anilines is 2. The van der Waals surface area contributed by atoms with Crippen molar-refractivity contribution in [2.75, 3.05) is 23.7 Å². The van der Waals surface area contributed by atoms with Crippen molar-refractivity contribution in [1.82, 2.24) is 19.9 Å². The number of halogens is 1. The number of nitrogens with two attached hydrogens (primary N) is 1. The number of benzene rings is 1. The normalized spacial score (nSPS) is 18.8. The summed E-state index contributed by atoms with van der Waals surface area (Å²) in [6.45, 7) is 5.84. The molecule has 3 aromatic heterocycles. The molecule has 0 saturated carbocycles. The second kappa shape index (κ2) is 8.44. The summed E-state index contributed by atoms with van der Waals surface area (Å²) < 4.78 is 6.82. The fourth-order valence-corrected chi connectivity index (χ4v) is 4.61. The van der Waals surface area contributed by atoms with Gasteiger partial charge in [-0.05, 0) is 55.3 Å². The van der Waals surface area contributed by atoms with E-state index in [0.29, 0.717) is 11.5 Å². The number of fused-ring (bicyclic) bond motifs is 1. The van der Waals surface area contributed by atoms with Crippen LogP contribution in [-0.2, 0) is 4.74 Å². The predicted molar refractivity (Wildman–Crippen MR) is 130 cm³/mol. The van der Waals surface area contributed by atoms with E-state index in [0.717, 1.165) is 51.2 Å². The minimum Gasteiger partial charge on any atom is -0.383 e. The molecule has 0 bridgehead atoms. The number of hydrogen-bond donors (Lipinski definition) is 1. The third-order valence-electron chi connectivity index (χ3n) is 5.56. The SMILES string of the molecule is C[C@@H]1CN(c2ccc(-c3cc(-c4cccc(Br)c4)c4c(N)ncnc4n3)cn2)C[C@H](C)O1. The molecule has 1 aliphatic rings. The third kappa shape index (κ3) is 4.03. The van der Waals surface area contributed by atoms with Gasteiger partial charge in [0.15, 0.2) is 5.65 Å². The van der Waals surface area contributed by atoms with Crippen LogP contribution in [-0.4, -0.2) is 45.2 Å². The van der Waals surface area contributed by atoms with Gasteiger partial charge in [-0.15, -0.1) is 0 Å². The molecule has 0 aliphatic carbocycles. The Morgan fingerprint density at radius 3 is 2.53 bits per heavy atom. The number of pyridine rings is 2. The van der Waals surface area contributed by atoms with Gasteiger partial charge in [0.25, 0.3) is 0 Å². The van der Waals surface area contributed by atoms with Gasteiger partial charge in [0.1, 0.15) is 18.0 Å². The average molecular weight is 491 g/mol. The lowest BCUT2D eigenvalue weighted by Gasteiger charge is -2.36. The zero-order valence-corrected chi connectivity index (χ0v) is 19.5. The highest BCUT2D eigenvalue weighted by atomic mass is 79.9.